The fourth-order valence-corrected chi connectivity index (χ4v) is 2.99. The molecule has 4 rings (SSSR count). The second-order valence-corrected chi connectivity index (χ2v) is 6.07. The van der Waals surface area contributed by atoms with Crippen molar-refractivity contribution in [2.45, 2.75) is 32.0 Å². The lowest BCUT2D eigenvalue weighted by atomic mass is 10.1. The highest BCUT2D eigenvalue weighted by atomic mass is 35.5. The van der Waals surface area contributed by atoms with Crippen molar-refractivity contribution in [3.05, 3.63) is 53.4 Å². The summed E-state index contributed by atoms with van der Waals surface area (Å²) in [7, 11) is 0. The van der Waals surface area contributed by atoms with E-state index in [-0.39, 0.29) is 0 Å². The molecule has 7 heteroatoms. The summed E-state index contributed by atoms with van der Waals surface area (Å²) in [4.78, 5) is 8.76. The molecule has 0 unspecified atom stereocenters. The topological polar surface area (TPSA) is 68.8 Å². The molecule has 0 amide bonds. The Balaban J connectivity index is 1.39. The molecule has 1 aromatic carbocycles. The highest BCUT2D eigenvalue weighted by molar-refractivity contribution is 6.30. The SMILES string of the molecule is Clc1cccc(-c2nc(CN[C@@H]3CCc4ncnn4C3)co2)c1. The lowest BCUT2D eigenvalue weighted by Gasteiger charge is -2.23. The number of rotatable bonds is 4. The van der Waals surface area contributed by atoms with Crippen LogP contribution in [0.4, 0.5) is 0 Å². The smallest absolute Gasteiger partial charge is 0.226 e. The Morgan fingerprint density at radius 1 is 1.39 bits per heavy atom. The second kappa shape index (κ2) is 6.14. The lowest BCUT2D eigenvalue weighted by molar-refractivity contribution is 0.356. The molecule has 1 N–H and O–H groups in total. The molecule has 3 aromatic rings. The summed E-state index contributed by atoms with van der Waals surface area (Å²) in [6, 6.07) is 7.87. The van der Waals surface area contributed by atoms with Crippen molar-refractivity contribution in [2.75, 3.05) is 0 Å². The fourth-order valence-electron chi connectivity index (χ4n) is 2.80. The van der Waals surface area contributed by atoms with E-state index < -0.39 is 0 Å². The van der Waals surface area contributed by atoms with E-state index in [2.05, 4.69) is 20.4 Å². The second-order valence-electron chi connectivity index (χ2n) is 5.63. The number of benzene rings is 1. The predicted octanol–water partition coefficient (Wildman–Crippen LogP) is 2.69. The van der Waals surface area contributed by atoms with Gasteiger partial charge in [-0.15, -0.1) is 0 Å². The summed E-state index contributed by atoms with van der Waals surface area (Å²) in [5.41, 5.74) is 1.76. The molecule has 0 saturated heterocycles. The van der Waals surface area contributed by atoms with Crippen molar-refractivity contribution in [1.29, 1.82) is 0 Å². The Morgan fingerprint density at radius 2 is 2.35 bits per heavy atom. The first kappa shape index (κ1) is 14.4. The van der Waals surface area contributed by atoms with Crippen LogP contribution in [0.3, 0.4) is 0 Å². The van der Waals surface area contributed by atoms with Crippen molar-refractivity contribution in [3.8, 4) is 11.5 Å². The standard InChI is InChI=1S/C16H16ClN5O/c17-12-3-1-2-11(6-12)16-21-14(9-23-16)7-18-13-4-5-15-19-10-20-22(15)8-13/h1-3,6,9-10,13,18H,4-5,7-8H2/t13-/m1/s1. The number of nitrogens with zero attached hydrogens (tertiary/aromatic N) is 4. The van der Waals surface area contributed by atoms with E-state index in [1.165, 1.54) is 0 Å². The fraction of sp³-hybridized carbons (Fsp3) is 0.312. The van der Waals surface area contributed by atoms with E-state index in [0.717, 1.165) is 36.5 Å². The average Bonchev–Trinajstić information content (AvgIpc) is 3.21. The summed E-state index contributed by atoms with van der Waals surface area (Å²) >= 11 is 6.00. The van der Waals surface area contributed by atoms with E-state index in [0.29, 0.717) is 23.5 Å². The van der Waals surface area contributed by atoms with Crippen molar-refractivity contribution >= 4 is 11.6 Å². The highest BCUT2D eigenvalue weighted by Gasteiger charge is 2.19. The van der Waals surface area contributed by atoms with Gasteiger partial charge in [0, 0.05) is 29.6 Å². The molecule has 0 bridgehead atoms. The number of hydrogen-bond acceptors (Lipinski definition) is 5. The number of fused-ring (bicyclic) bond motifs is 1. The quantitative estimate of drug-likeness (QED) is 0.797. The Labute approximate surface area is 138 Å². The first-order chi connectivity index (χ1) is 11.3. The van der Waals surface area contributed by atoms with Gasteiger partial charge in [-0.05, 0) is 24.6 Å². The van der Waals surface area contributed by atoms with E-state index in [9.17, 15) is 0 Å². The highest BCUT2D eigenvalue weighted by Crippen LogP contribution is 2.22. The summed E-state index contributed by atoms with van der Waals surface area (Å²) in [5, 5.41) is 8.41. The van der Waals surface area contributed by atoms with E-state index in [1.54, 1.807) is 12.6 Å². The van der Waals surface area contributed by atoms with Crippen LogP contribution in [0.2, 0.25) is 5.02 Å². The van der Waals surface area contributed by atoms with Gasteiger partial charge < -0.3 is 9.73 Å². The van der Waals surface area contributed by atoms with Gasteiger partial charge in [-0.3, -0.25) is 0 Å². The van der Waals surface area contributed by atoms with Crippen LogP contribution < -0.4 is 5.32 Å². The van der Waals surface area contributed by atoms with Crippen LogP contribution in [-0.2, 0) is 19.5 Å². The molecule has 0 saturated carbocycles. The maximum atomic E-state index is 6.00. The molecule has 0 radical (unpaired) electrons. The largest absolute Gasteiger partial charge is 0.444 e. The Morgan fingerprint density at radius 3 is 3.26 bits per heavy atom. The first-order valence-electron chi connectivity index (χ1n) is 7.58. The minimum absolute atomic E-state index is 0.371. The zero-order chi connectivity index (χ0) is 15.6. The van der Waals surface area contributed by atoms with E-state index >= 15 is 0 Å². The molecule has 1 aliphatic rings. The molecule has 23 heavy (non-hydrogen) atoms. The van der Waals surface area contributed by atoms with Crippen molar-refractivity contribution in [1.82, 2.24) is 25.1 Å². The van der Waals surface area contributed by atoms with Gasteiger partial charge in [-0.2, -0.15) is 5.10 Å². The summed E-state index contributed by atoms with van der Waals surface area (Å²) in [6.07, 6.45) is 5.31. The van der Waals surface area contributed by atoms with Crippen LogP contribution in [0.25, 0.3) is 11.5 Å². The van der Waals surface area contributed by atoms with Gasteiger partial charge in [-0.1, -0.05) is 17.7 Å². The zero-order valence-corrected chi connectivity index (χ0v) is 13.2. The van der Waals surface area contributed by atoms with Crippen molar-refractivity contribution in [3.63, 3.8) is 0 Å². The molecule has 0 spiro atoms. The van der Waals surface area contributed by atoms with Gasteiger partial charge in [-0.25, -0.2) is 14.6 Å². The molecule has 0 aliphatic carbocycles. The third-order valence-corrected chi connectivity index (χ3v) is 4.24. The third-order valence-electron chi connectivity index (χ3n) is 4.00. The molecule has 6 nitrogen and oxygen atoms in total. The maximum absolute atomic E-state index is 6.00. The first-order valence-corrected chi connectivity index (χ1v) is 7.96. The number of oxazole rings is 1. The van der Waals surface area contributed by atoms with Gasteiger partial charge in [0.2, 0.25) is 5.89 Å². The maximum Gasteiger partial charge on any atom is 0.226 e. The van der Waals surface area contributed by atoms with Gasteiger partial charge >= 0.3 is 0 Å². The molecular formula is C16H16ClN5O. The number of aromatic nitrogens is 4. The molecule has 118 valence electrons. The van der Waals surface area contributed by atoms with Gasteiger partial charge in [0.1, 0.15) is 18.4 Å². The normalized spacial score (nSPS) is 17.2. The molecule has 2 aromatic heterocycles. The lowest BCUT2D eigenvalue weighted by Crippen LogP contribution is -2.37. The number of hydrogen-bond donors (Lipinski definition) is 1. The van der Waals surface area contributed by atoms with Gasteiger partial charge in [0.05, 0.1) is 12.2 Å². The Bertz CT molecular complexity index is 812. The molecule has 3 heterocycles. The minimum Gasteiger partial charge on any atom is -0.444 e. The van der Waals surface area contributed by atoms with Crippen molar-refractivity contribution in [2.24, 2.45) is 0 Å². The predicted molar refractivity (Wildman–Crippen MR) is 85.9 cm³/mol. The molecule has 1 atom stereocenters. The average molecular weight is 330 g/mol. The molecule has 0 fully saturated rings. The minimum atomic E-state index is 0.371. The van der Waals surface area contributed by atoms with Crippen LogP contribution in [0.5, 0.6) is 0 Å². The van der Waals surface area contributed by atoms with Crippen LogP contribution in [0.1, 0.15) is 17.9 Å². The summed E-state index contributed by atoms with van der Waals surface area (Å²) < 4.78 is 7.51. The van der Waals surface area contributed by atoms with Crippen LogP contribution in [0.15, 0.2) is 41.3 Å². The number of aryl methyl sites for hydroxylation is 1. The van der Waals surface area contributed by atoms with Gasteiger partial charge in [0.25, 0.3) is 0 Å². The van der Waals surface area contributed by atoms with E-state index in [1.807, 2.05) is 28.9 Å². The van der Waals surface area contributed by atoms with Crippen LogP contribution >= 0.6 is 11.6 Å². The molecule has 1 aliphatic heterocycles. The summed E-state index contributed by atoms with van der Waals surface area (Å²) in [5.74, 6) is 1.65. The van der Waals surface area contributed by atoms with Gasteiger partial charge in [0.15, 0.2) is 0 Å². The van der Waals surface area contributed by atoms with Crippen LogP contribution in [-0.4, -0.2) is 25.8 Å². The number of halogens is 1. The van der Waals surface area contributed by atoms with Crippen molar-refractivity contribution < 1.29 is 4.42 Å². The molecular weight excluding hydrogens is 314 g/mol. The van der Waals surface area contributed by atoms with E-state index in [4.69, 9.17) is 16.0 Å². The summed E-state index contributed by atoms with van der Waals surface area (Å²) in [6.45, 7) is 1.51. The Hall–Kier alpha value is -2.18. The Kier molecular flexibility index (Phi) is 3.85. The zero-order valence-electron chi connectivity index (χ0n) is 12.4. The number of nitrogens with one attached hydrogen (secondary N) is 1. The van der Waals surface area contributed by atoms with Crippen LogP contribution in [0, 0.1) is 0 Å². The third kappa shape index (κ3) is 3.13. The monoisotopic (exact) mass is 329 g/mol.